The van der Waals surface area contributed by atoms with E-state index >= 15 is 0 Å². The van der Waals surface area contributed by atoms with Crippen molar-refractivity contribution in [2.24, 2.45) is 5.92 Å². The van der Waals surface area contributed by atoms with Crippen LogP contribution < -0.4 is 4.74 Å². The maximum Gasteiger partial charge on any atom is 0.341 e. The highest BCUT2D eigenvalue weighted by Crippen LogP contribution is 2.20. The fraction of sp³-hybridized carbons (Fsp3) is 0.455. The van der Waals surface area contributed by atoms with Crippen molar-refractivity contribution >= 4 is 17.6 Å². The van der Waals surface area contributed by atoms with Gasteiger partial charge < -0.3 is 9.84 Å². The molecule has 1 rings (SSSR count). The summed E-state index contributed by atoms with van der Waals surface area (Å²) in [6.45, 7) is 4.58. The summed E-state index contributed by atoms with van der Waals surface area (Å²) in [5.74, 6) is -0.465. The number of hydrogen-bond acceptors (Lipinski definition) is 3. The Hall–Kier alpha value is -1.29. The van der Waals surface area contributed by atoms with Gasteiger partial charge in [-0.15, -0.1) is 0 Å². The van der Waals surface area contributed by atoms with Crippen molar-refractivity contribution in [1.29, 1.82) is 0 Å². The van der Waals surface area contributed by atoms with Crippen LogP contribution >= 0.6 is 11.6 Å². The highest BCUT2D eigenvalue weighted by molar-refractivity contribution is 6.30. The topological polar surface area (TPSA) is 59.4 Å². The minimum absolute atomic E-state index is 0.00347. The SMILES string of the molecule is CC(C)CCOc1ncc(Cl)cc1C(=O)O. The summed E-state index contributed by atoms with van der Waals surface area (Å²) in [7, 11) is 0. The normalized spacial score (nSPS) is 10.5. The Morgan fingerprint density at radius 3 is 2.88 bits per heavy atom. The van der Waals surface area contributed by atoms with E-state index in [9.17, 15) is 4.79 Å². The minimum atomic E-state index is -1.09. The summed E-state index contributed by atoms with van der Waals surface area (Å²) in [5, 5.41) is 9.21. The third-order valence-electron chi connectivity index (χ3n) is 1.98. The lowest BCUT2D eigenvalue weighted by Gasteiger charge is -2.09. The van der Waals surface area contributed by atoms with Gasteiger partial charge in [-0.25, -0.2) is 9.78 Å². The van der Waals surface area contributed by atoms with Crippen molar-refractivity contribution in [1.82, 2.24) is 4.98 Å². The highest BCUT2D eigenvalue weighted by Gasteiger charge is 2.13. The summed E-state index contributed by atoms with van der Waals surface area (Å²) in [5.41, 5.74) is -0.00347. The molecule has 0 saturated heterocycles. The van der Waals surface area contributed by atoms with Crippen molar-refractivity contribution < 1.29 is 14.6 Å². The Bertz CT molecular complexity index is 379. The van der Waals surface area contributed by atoms with Crippen LogP contribution in [0.1, 0.15) is 30.6 Å². The largest absolute Gasteiger partial charge is 0.477 e. The molecule has 0 aliphatic heterocycles. The number of rotatable bonds is 5. The number of aromatic nitrogens is 1. The number of pyridine rings is 1. The van der Waals surface area contributed by atoms with Gasteiger partial charge in [0, 0.05) is 6.20 Å². The van der Waals surface area contributed by atoms with Crippen LogP contribution in [0, 0.1) is 5.92 Å². The Morgan fingerprint density at radius 1 is 1.62 bits per heavy atom. The Labute approximate surface area is 99.2 Å². The molecule has 0 aliphatic carbocycles. The van der Waals surface area contributed by atoms with Gasteiger partial charge in [-0.05, 0) is 18.4 Å². The minimum Gasteiger partial charge on any atom is -0.477 e. The lowest BCUT2D eigenvalue weighted by molar-refractivity contribution is 0.0691. The first-order valence-corrected chi connectivity index (χ1v) is 5.40. The average molecular weight is 244 g/mol. The molecular formula is C11H14ClNO3. The quantitative estimate of drug-likeness (QED) is 0.864. The number of carboxylic acid groups (broad SMARTS) is 1. The number of hydrogen-bond donors (Lipinski definition) is 1. The number of halogens is 1. The predicted octanol–water partition coefficient (Wildman–Crippen LogP) is 2.86. The van der Waals surface area contributed by atoms with E-state index in [1.165, 1.54) is 12.3 Å². The van der Waals surface area contributed by atoms with Crippen LogP contribution in [0.25, 0.3) is 0 Å². The summed E-state index contributed by atoms with van der Waals surface area (Å²) >= 11 is 5.66. The zero-order valence-electron chi connectivity index (χ0n) is 9.24. The smallest absolute Gasteiger partial charge is 0.341 e. The molecule has 0 bridgehead atoms. The molecule has 0 radical (unpaired) electrons. The molecule has 0 unspecified atom stereocenters. The van der Waals surface area contributed by atoms with E-state index in [0.29, 0.717) is 12.5 Å². The molecule has 4 nitrogen and oxygen atoms in total. The number of ether oxygens (including phenoxy) is 1. The maximum absolute atomic E-state index is 10.9. The molecule has 0 spiro atoms. The molecule has 1 aromatic heterocycles. The van der Waals surface area contributed by atoms with Crippen LogP contribution in [0.15, 0.2) is 12.3 Å². The first-order valence-electron chi connectivity index (χ1n) is 5.02. The zero-order chi connectivity index (χ0) is 12.1. The zero-order valence-corrected chi connectivity index (χ0v) is 9.99. The number of carbonyl (C=O) groups is 1. The lowest BCUT2D eigenvalue weighted by atomic mass is 10.1. The molecule has 1 heterocycles. The fourth-order valence-electron chi connectivity index (χ4n) is 1.09. The van der Waals surface area contributed by atoms with Gasteiger partial charge in [0.2, 0.25) is 5.88 Å². The summed E-state index contributed by atoms with van der Waals surface area (Å²) in [6.07, 6.45) is 2.22. The first kappa shape index (κ1) is 12.8. The molecule has 5 heteroatoms. The van der Waals surface area contributed by atoms with Crippen LogP contribution in [0.2, 0.25) is 5.02 Å². The molecule has 0 aliphatic rings. The van der Waals surface area contributed by atoms with E-state index < -0.39 is 5.97 Å². The van der Waals surface area contributed by atoms with Crippen molar-refractivity contribution in [3.63, 3.8) is 0 Å². The molecule has 88 valence electrons. The summed E-state index contributed by atoms with van der Waals surface area (Å²) in [6, 6.07) is 1.33. The number of aromatic carboxylic acids is 1. The molecule has 16 heavy (non-hydrogen) atoms. The standard InChI is InChI=1S/C11H14ClNO3/c1-7(2)3-4-16-10-9(11(14)15)5-8(12)6-13-10/h5-7H,3-4H2,1-2H3,(H,14,15). The van der Waals surface area contributed by atoms with Crippen molar-refractivity contribution in [2.45, 2.75) is 20.3 Å². The molecule has 1 aromatic rings. The number of nitrogens with zero attached hydrogens (tertiary/aromatic N) is 1. The van der Waals surface area contributed by atoms with E-state index in [1.54, 1.807) is 0 Å². The van der Waals surface area contributed by atoms with Crippen LogP contribution in [-0.2, 0) is 0 Å². The van der Waals surface area contributed by atoms with Gasteiger partial charge in [-0.2, -0.15) is 0 Å². The van der Waals surface area contributed by atoms with E-state index in [4.69, 9.17) is 21.4 Å². The second-order valence-corrected chi connectivity index (χ2v) is 4.28. The molecule has 0 saturated carbocycles. The van der Waals surface area contributed by atoms with Crippen LogP contribution in [0.4, 0.5) is 0 Å². The monoisotopic (exact) mass is 243 g/mol. The molecular weight excluding hydrogens is 230 g/mol. The lowest BCUT2D eigenvalue weighted by Crippen LogP contribution is -2.07. The summed E-state index contributed by atoms with van der Waals surface area (Å²) < 4.78 is 5.31. The molecule has 0 atom stereocenters. The summed E-state index contributed by atoms with van der Waals surface area (Å²) in [4.78, 5) is 14.8. The van der Waals surface area contributed by atoms with E-state index in [0.717, 1.165) is 6.42 Å². The molecule has 0 amide bonds. The van der Waals surface area contributed by atoms with E-state index in [-0.39, 0.29) is 16.5 Å². The highest BCUT2D eigenvalue weighted by atomic mass is 35.5. The van der Waals surface area contributed by atoms with Gasteiger partial charge in [-0.1, -0.05) is 25.4 Å². The van der Waals surface area contributed by atoms with Crippen LogP contribution in [0.5, 0.6) is 5.88 Å². The van der Waals surface area contributed by atoms with Gasteiger partial charge in [-0.3, -0.25) is 0 Å². The second kappa shape index (κ2) is 5.70. The van der Waals surface area contributed by atoms with Crippen LogP contribution in [0.3, 0.4) is 0 Å². The van der Waals surface area contributed by atoms with Crippen molar-refractivity contribution in [3.8, 4) is 5.88 Å². The van der Waals surface area contributed by atoms with Gasteiger partial charge >= 0.3 is 5.97 Å². The Morgan fingerprint density at radius 2 is 2.31 bits per heavy atom. The third kappa shape index (κ3) is 3.70. The second-order valence-electron chi connectivity index (χ2n) is 3.84. The van der Waals surface area contributed by atoms with Gasteiger partial charge in [0.25, 0.3) is 0 Å². The predicted molar refractivity (Wildman–Crippen MR) is 61.2 cm³/mol. The Kier molecular flexibility index (Phi) is 4.55. The van der Waals surface area contributed by atoms with E-state index in [1.807, 2.05) is 0 Å². The molecule has 1 N–H and O–H groups in total. The molecule has 0 fully saturated rings. The number of carboxylic acids is 1. The fourth-order valence-corrected chi connectivity index (χ4v) is 1.24. The van der Waals surface area contributed by atoms with Gasteiger partial charge in [0.1, 0.15) is 5.56 Å². The van der Waals surface area contributed by atoms with Crippen molar-refractivity contribution in [3.05, 3.63) is 22.8 Å². The van der Waals surface area contributed by atoms with Gasteiger partial charge in [0.05, 0.1) is 11.6 Å². The van der Waals surface area contributed by atoms with Crippen molar-refractivity contribution in [2.75, 3.05) is 6.61 Å². The van der Waals surface area contributed by atoms with Crippen LogP contribution in [-0.4, -0.2) is 22.7 Å². The third-order valence-corrected chi connectivity index (χ3v) is 2.19. The van der Waals surface area contributed by atoms with Gasteiger partial charge in [0.15, 0.2) is 0 Å². The first-order chi connectivity index (χ1) is 7.50. The van der Waals surface area contributed by atoms with E-state index in [2.05, 4.69) is 18.8 Å². The molecule has 0 aromatic carbocycles. The Balaban J connectivity index is 2.75. The average Bonchev–Trinajstić information content (AvgIpc) is 2.19. The maximum atomic E-state index is 10.9.